The average Bonchev–Trinajstić information content (AvgIpc) is 3.13. The van der Waals surface area contributed by atoms with Crippen LogP contribution in [0.15, 0.2) is 0 Å². The lowest BCUT2D eigenvalue weighted by Gasteiger charge is -2.28. The molecule has 2 aliphatic rings. The molecule has 2 unspecified atom stereocenters. The molecule has 0 saturated heterocycles. The molecule has 5 nitrogen and oxygen atoms in total. The quantitative estimate of drug-likeness (QED) is 0.881. The molecule has 3 rings (SSSR count). The number of hydrogen-bond acceptors (Lipinski definition) is 5. The first-order chi connectivity index (χ1) is 8.86. The minimum absolute atomic E-state index is 0.502. The zero-order valence-electron chi connectivity index (χ0n) is 10.9. The van der Waals surface area contributed by atoms with Gasteiger partial charge in [-0.25, -0.2) is 4.68 Å². The summed E-state index contributed by atoms with van der Waals surface area (Å²) in [6.07, 6.45) is 9.89. The third-order valence-electron chi connectivity index (χ3n) is 3.96. The first kappa shape index (κ1) is 12.4. The summed E-state index contributed by atoms with van der Waals surface area (Å²) in [6, 6.07) is 1.21. The van der Waals surface area contributed by atoms with Crippen LogP contribution in [0, 0.1) is 0 Å². The molecule has 0 amide bonds. The Morgan fingerprint density at radius 3 is 3.00 bits per heavy atom. The van der Waals surface area contributed by atoms with Crippen LogP contribution in [-0.2, 0) is 6.54 Å². The Hall–Kier alpha value is -0.620. The summed E-state index contributed by atoms with van der Waals surface area (Å²) in [4.78, 5) is 0. The Labute approximate surface area is 112 Å². The molecule has 2 aliphatic carbocycles. The number of nitrogens with zero attached hydrogens (tertiary/aromatic N) is 4. The van der Waals surface area contributed by atoms with E-state index in [1.54, 1.807) is 0 Å². The molecule has 0 radical (unpaired) electrons. The maximum atomic E-state index is 4.21. The van der Waals surface area contributed by atoms with Crippen molar-refractivity contribution < 1.29 is 0 Å². The van der Waals surface area contributed by atoms with Crippen LogP contribution >= 0.6 is 11.8 Å². The Morgan fingerprint density at radius 1 is 1.33 bits per heavy atom. The average molecular weight is 267 g/mol. The normalized spacial score (nSPS) is 28.5. The summed E-state index contributed by atoms with van der Waals surface area (Å²) in [5.41, 5.74) is 0. The van der Waals surface area contributed by atoms with Gasteiger partial charge in [0.25, 0.3) is 0 Å². The van der Waals surface area contributed by atoms with Gasteiger partial charge in [0.05, 0.1) is 12.6 Å². The fourth-order valence-corrected chi connectivity index (χ4v) is 3.51. The molecule has 0 spiro atoms. The molecule has 100 valence electrons. The van der Waals surface area contributed by atoms with Gasteiger partial charge >= 0.3 is 0 Å². The zero-order chi connectivity index (χ0) is 12.4. The van der Waals surface area contributed by atoms with Crippen LogP contribution < -0.4 is 5.32 Å². The Morgan fingerprint density at radius 2 is 2.22 bits per heavy atom. The van der Waals surface area contributed by atoms with Crippen LogP contribution in [0.1, 0.15) is 50.4 Å². The molecule has 1 heterocycles. The van der Waals surface area contributed by atoms with Gasteiger partial charge in [-0.2, -0.15) is 11.8 Å². The molecule has 2 fully saturated rings. The van der Waals surface area contributed by atoms with Crippen molar-refractivity contribution in [1.29, 1.82) is 0 Å². The highest BCUT2D eigenvalue weighted by atomic mass is 32.2. The highest BCUT2D eigenvalue weighted by Gasteiger charge is 2.26. The summed E-state index contributed by atoms with van der Waals surface area (Å²) in [5, 5.41) is 16.5. The fourth-order valence-electron chi connectivity index (χ4n) is 2.69. The molecule has 1 N–H and O–H groups in total. The van der Waals surface area contributed by atoms with Crippen LogP contribution in [-0.4, -0.2) is 37.8 Å². The number of nitrogens with one attached hydrogen (secondary N) is 1. The fraction of sp³-hybridized carbons (Fsp3) is 0.917. The van der Waals surface area contributed by atoms with Gasteiger partial charge in [-0.05, 0) is 48.8 Å². The maximum Gasteiger partial charge on any atom is 0.165 e. The van der Waals surface area contributed by atoms with Gasteiger partial charge < -0.3 is 5.32 Å². The highest BCUT2D eigenvalue weighted by Crippen LogP contribution is 2.33. The molecule has 6 heteroatoms. The molecule has 0 aliphatic heterocycles. The molecule has 2 saturated carbocycles. The second-order valence-corrected chi connectivity index (χ2v) is 6.51. The lowest BCUT2D eigenvalue weighted by molar-refractivity contribution is 0.321. The summed E-state index contributed by atoms with van der Waals surface area (Å²) < 4.78 is 2.07. The largest absolute Gasteiger partial charge is 0.307 e. The number of tetrazole rings is 1. The van der Waals surface area contributed by atoms with Gasteiger partial charge in [0.2, 0.25) is 0 Å². The van der Waals surface area contributed by atoms with Gasteiger partial charge in [0.1, 0.15) is 0 Å². The minimum atomic E-state index is 0.502. The predicted octanol–water partition coefficient (Wildman–Crippen LogP) is 1.77. The standard InChI is InChI=1S/C12H21N5S/c1-18-11-4-2-3-10(7-11)17-12(14-15-16-17)8-13-9-5-6-9/h9-11,13H,2-8H2,1H3. The zero-order valence-corrected chi connectivity index (χ0v) is 11.7. The van der Waals surface area contributed by atoms with E-state index in [2.05, 4.69) is 31.8 Å². The van der Waals surface area contributed by atoms with Crippen molar-refractivity contribution in [2.45, 2.75) is 62.4 Å². The first-order valence-electron chi connectivity index (χ1n) is 6.89. The van der Waals surface area contributed by atoms with Crippen LogP contribution in [0.2, 0.25) is 0 Å². The molecular weight excluding hydrogens is 246 g/mol. The van der Waals surface area contributed by atoms with Crippen LogP contribution in [0.4, 0.5) is 0 Å². The van der Waals surface area contributed by atoms with E-state index < -0.39 is 0 Å². The van der Waals surface area contributed by atoms with Crippen LogP contribution in [0.25, 0.3) is 0 Å². The third kappa shape index (κ3) is 2.85. The second kappa shape index (κ2) is 5.57. The Bertz CT molecular complexity index is 390. The Balaban J connectivity index is 1.64. The lowest BCUT2D eigenvalue weighted by atomic mass is 9.95. The summed E-state index contributed by atoms with van der Waals surface area (Å²) in [7, 11) is 0. The van der Waals surface area contributed by atoms with Crippen LogP contribution in [0.5, 0.6) is 0 Å². The van der Waals surface area contributed by atoms with Gasteiger partial charge in [-0.1, -0.05) is 6.42 Å². The van der Waals surface area contributed by atoms with E-state index in [9.17, 15) is 0 Å². The van der Waals surface area contributed by atoms with Crippen molar-refractivity contribution in [3.05, 3.63) is 5.82 Å². The maximum absolute atomic E-state index is 4.21. The van der Waals surface area contributed by atoms with E-state index in [0.29, 0.717) is 12.1 Å². The van der Waals surface area contributed by atoms with E-state index in [1.165, 1.54) is 38.5 Å². The SMILES string of the molecule is CSC1CCCC(n2nnnc2CNC2CC2)C1. The van der Waals surface area contributed by atoms with Crippen molar-refractivity contribution in [3.8, 4) is 0 Å². The van der Waals surface area contributed by atoms with Crippen molar-refractivity contribution in [3.63, 3.8) is 0 Å². The molecule has 0 aromatic carbocycles. The van der Waals surface area contributed by atoms with Crippen molar-refractivity contribution >= 4 is 11.8 Å². The van der Waals surface area contributed by atoms with Gasteiger partial charge in [-0.15, -0.1) is 5.10 Å². The van der Waals surface area contributed by atoms with Crippen molar-refractivity contribution in [2.24, 2.45) is 0 Å². The van der Waals surface area contributed by atoms with E-state index in [-0.39, 0.29) is 0 Å². The van der Waals surface area contributed by atoms with Gasteiger partial charge in [0.15, 0.2) is 5.82 Å². The predicted molar refractivity (Wildman–Crippen MR) is 72.5 cm³/mol. The lowest BCUT2D eigenvalue weighted by Crippen LogP contribution is -2.26. The van der Waals surface area contributed by atoms with E-state index in [0.717, 1.165) is 17.6 Å². The monoisotopic (exact) mass is 267 g/mol. The second-order valence-electron chi connectivity index (χ2n) is 5.37. The molecular formula is C12H21N5S. The highest BCUT2D eigenvalue weighted by molar-refractivity contribution is 7.99. The number of rotatable bonds is 5. The Kier molecular flexibility index (Phi) is 3.84. The summed E-state index contributed by atoms with van der Waals surface area (Å²) >= 11 is 1.98. The first-order valence-corrected chi connectivity index (χ1v) is 8.18. The smallest absolute Gasteiger partial charge is 0.165 e. The molecule has 1 aromatic rings. The van der Waals surface area contributed by atoms with E-state index in [4.69, 9.17) is 0 Å². The van der Waals surface area contributed by atoms with Gasteiger partial charge in [-0.3, -0.25) is 0 Å². The third-order valence-corrected chi connectivity index (χ3v) is 5.06. The minimum Gasteiger partial charge on any atom is -0.307 e. The number of aromatic nitrogens is 4. The summed E-state index contributed by atoms with van der Waals surface area (Å²) in [5.74, 6) is 1.01. The number of hydrogen-bond donors (Lipinski definition) is 1. The van der Waals surface area contributed by atoms with Crippen molar-refractivity contribution in [2.75, 3.05) is 6.26 Å². The topological polar surface area (TPSA) is 55.6 Å². The molecule has 2 atom stereocenters. The van der Waals surface area contributed by atoms with E-state index >= 15 is 0 Å². The molecule has 1 aromatic heterocycles. The number of thioether (sulfide) groups is 1. The molecule has 18 heavy (non-hydrogen) atoms. The van der Waals surface area contributed by atoms with E-state index in [1.807, 2.05) is 11.8 Å². The summed E-state index contributed by atoms with van der Waals surface area (Å²) in [6.45, 7) is 0.818. The molecule has 0 bridgehead atoms. The van der Waals surface area contributed by atoms with Crippen LogP contribution in [0.3, 0.4) is 0 Å². The van der Waals surface area contributed by atoms with Gasteiger partial charge in [0, 0.05) is 11.3 Å². The van der Waals surface area contributed by atoms with Crippen molar-refractivity contribution in [1.82, 2.24) is 25.5 Å².